The van der Waals surface area contributed by atoms with Gasteiger partial charge in [0, 0.05) is 18.0 Å². The molecule has 0 aliphatic carbocycles. The molecule has 2 N–H and O–H groups in total. The van der Waals surface area contributed by atoms with E-state index in [1.807, 2.05) is 38.3 Å². The Morgan fingerprint density at radius 2 is 1.95 bits per heavy atom. The number of amides is 2. The molecule has 0 aliphatic heterocycles. The topological polar surface area (TPSA) is 66.6 Å². The van der Waals surface area contributed by atoms with Crippen LogP contribution in [0.2, 0.25) is 0 Å². The van der Waals surface area contributed by atoms with Crippen molar-refractivity contribution in [3.63, 3.8) is 0 Å². The molecule has 0 saturated heterocycles. The molecule has 6 heteroatoms. The Hall–Kier alpha value is -1.40. The molecule has 5 nitrogen and oxygen atoms in total. The van der Waals surface area contributed by atoms with Gasteiger partial charge in [-0.3, -0.25) is 14.5 Å². The molecule has 0 aliphatic rings. The molecule has 2 amide bonds. The molecule has 0 spiro atoms. The molecule has 0 saturated carbocycles. The smallest absolute Gasteiger partial charge is 0.237 e. The van der Waals surface area contributed by atoms with Crippen LogP contribution in [0.3, 0.4) is 0 Å². The van der Waals surface area contributed by atoms with Gasteiger partial charge in [-0.1, -0.05) is 6.07 Å². The zero-order chi connectivity index (χ0) is 15.3. The van der Waals surface area contributed by atoms with Crippen molar-refractivity contribution in [1.82, 2.24) is 9.80 Å². The van der Waals surface area contributed by atoms with Crippen molar-refractivity contribution in [3.8, 4) is 0 Å². The van der Waals surface area contributed by atoms with Gasteiger partial charge in [0.2, 0.25) is 11.8 Å². The minimum Gasteiger partial charge on any atom is -0.369 e. The molecule has 20 heavy (non-hydrogen) atoms. The van der Waals surface area contributed by atoms with Gasteiger partial charge in [0.05, 0.1) is 19.1 Å². The van der Waals surface area contributed by atoms with E-state index < -0.39 is 5.91 Å². The summed E-state index contributed by atoms with van der Waals surface area (Å²) in [4.78, 5) is 28.0. The molecule has 1 atom stereocenters. The molecule has 1 aromatic rings. The standard InChI is InChI=1S/C14H23N3O2S/c1-10(2)17(8-13(15)18)9-14(19)16(4)11(3)12-6-5-7-20-12/h5-7,10-11H,8-9H2,1-4H3,(H2,15,18). The van der Waals surface area contributed by atoms with Crippen molar-refractivity contribution >= 4 is 23.2 Å². The van der Waals surface area contributed by atoms with E-state index in [4.69, 9.17) is 5.73 Å². The summed E-state index contributed by atoms with van der Waals surface area (Å²) in [6.07, 6.45) is 0. The number of nitrogens with zero attached hydrogens (tertiary/aromatic N) is 2. The molecular weight excluding hydrogens is 274 g/mol. The predicted molar refractivity (Wildman–Crippen MR) is 81.4 cm³/mol. The van der Waals surface area contributed by atoms with Gasteiger partial charge >= 0.3 is 0 Å². The lowest BCUT2D eigenvalue weighted by molar-refractivity contribution is -0.134. The number of rotatable bonds is 7. The van der Waals surface area contributed by atoms with E-state index in [2.05, 4.69) is 0 Å². The highest BCUT2D eigenvalue weighted by molar-refractivity contribution is 7.10. The van der Waals surface area contributed by atoms with Gasteiger partial charge in [-0.05, 0) is 32.2 Å². The minimum absolute atomic E-state index is 0.0131. The zero-order valence-electron chi connectivity index (χ0n) is 12.5. The SMILES string of the molecule is CC(C)N(CC(N)=O)CC(=O)N(C)C(C)c1cccs1. The normalized spacial score (nSPS) is 12.7. The summed E-state index contributed by atoms with van der Waals surface area (Å²) in [6, 6.07) is 4.12. The highest BCUT2D eigenvalue weighted by atomic mass is 32.1. The van der Waals surface area contributed by atoms with Crippen LogP contribution in [0.4, 0.5) is 0 Å². The van der Waals surface area contributed by atoms with Crippen LogP contribution in [0.25, 0.3) is 0 Å². The number of hydrogen-bond donors (Lipinski definition) is 1. The summed E-state index contributed by atoms with van der Waals surface area (Å²) in [5.74, 6) is -0.429. The third-order valence-corrected chi connectivity index (χ3v) is 4.40. The summed E-state index contributed by atoms with van der Waals surface area (Å²) in [5, 5.41) is 2.00. The lowest BCUT2D eigenvalue weighted by atomic mass is 10.2. The Morgan fingerprint density at radius 1 is 1.30 bits per heavy atom. The van der Waals surface area contributed by atoms with E-state index in [-0.39, 0.29) is 31.1 Å². The van der Waals surface area contributed by atoms with Crippen LogP contribution in [0.15, 0.2) is 17.5 Å². The maximum absolute atomic E-state index is 12.3. The van der Waals surface area contributed by atoms with Crippen LogP contribution >= 0.6 is 11.3 Å². The average Bonchev–Trinajstić information content (AvgIpc) is 2.89. The van der Waals surface area contributed by atoms with E-state index in [1.165, 1.54) is 0 Å². The van der Waals surface area contributed by atoms with E-state index in [0.717, 1.165) is 4.88 Å². The van der Waals surface area contributed by atoms with Crippen molar-refractivity contribution in [2.45, 2.75) is 32.9 Å². The highest BCUT2D eigenvalue weighted by Gasteiger charge is 2.22. The van der Waals surface area contributed by atoms with E-state index >= 15 is 0 Å². The Bertz CT molecular complexity index is 445. The van der Waals surface area contributed by atoms with Crippen LogP contribution < -0.4 is 5.73 Å². The Balaban J connectivity index is 2.66. The molecule has 0 aromatic carbocycles. The number of primary amides is 1. The van der Waals surface area contributed by atoms with Crippen molar-refractivity contribution < 1.29 is 9.59 Å². The third kappa shape index (κ3) is 4.61. The monoisotopic (exact) mass is 297 g/mol. The van der Waals surface area contributed by atoms with E-state index in [0.29, 0.717) is 0 Å². The van der Waals surface area contributed by atoms with Crippen LogP contribution in [0.1, 0.15) is 31.7 Å². The van der Waals surface area contributed by atoms with Gasteiger partial charge in [-0.25, -0.2) is 0 Å². The molecule has 0 radical (unpaired) electrons. The van der Waals surface area contributed by atoms with Crippen molar-refractivity contribution in [2.75, 3.05) is 20.1 Å². The van der Waals surface area contributed by atoms with E-state index in [1.54, 1.807) is 28.2 Å². The molecule has 0 bridgehead atoms. The fourth-order valence-corrected chi connectivity index (χ4v) is 2.67. The Morgan fingerprint density at radius 3 is 2.40 bits per heavy atom. The van der Waals surface area contributed by atoms with Gasteiger partial charge in [0.1, 0.15) is 0 Å². The number of nitrogens with two attached hydrogens (primary N) is 1. The first-order valence-corrected chi connectivity index (χ1v) is 7.52. The maximum atomic E-state index is 12.3. The molecule has 1 rings (SSSR count). The van der Waals surface area contributed by atoms with Crippen LogP contribution in [-0.4, -0.2) is 47.8 Å². The van der Waals surface area contributed by atoms with Gasteiger partial charge in [0.25, 0.3) is 0 Å². The van der Waals surface area contributed by atoms with Gasteiger partial charge < -0.3 is 10.6 Å². The fourth-order valence-electron chi connectivity index (χ4n) is 1.84. The summed E-state index contributed by atoms with van der Waals surface area (Å²) < 4.78 is 0. The van der Waals surface area contributed by atoms with Gasteiger partial charge in [0.15, 0.2) is 0 Å². The molecule has 1 heterocycles. The number of carbonyl (C=O) groups is 2. The number of hydrogen-bond acceptors (Lipinski definition) is 4. The molecule has 112 valence electrons. The first-order chi connectivity index (χ1) is 9.32. The summed E-state index contributed by atoms with van der Waals surface area (Å²) in [7, 11) is 1.79. The van der Waals surface area contributed by atoms with Gasteiger partial charge in [-0.15, -0.1) is 11.3 Å². The predicted octanol–water partition coefficient (Wildman–Crippen LogP) is 1.46. The quantitative estimate of drug-likeness (QED) is 0.828. The van der Waals surface area contributed by atoms with Crippen LogP contribution in [0.5, 0.6) is 0 Å². The first kappa shape index (κ1) is 16.7. The number of carbonyl (C=O) groups excluding carboxylic acids is 2. The van der Waals surface area contributed by atoms with Crippen molar-refractivity contribution in [2.24, 2.45) is 5.73 Å². The van der Waals surface area contributed by atoms with Crippen LogP contribution in [0, 0.1) is 0 Å². The molecule has 1 aromatic heterocycles. The third-order valence-electron chi connectivity index (χ3n) is 3.36. The second-order valence-electron chi connectivity index (χ2n) is 5.16. The van der Waals surface area contributed by atoms with Crippen LogP contribution in [-0.2, 0) is 9.59 Å². The fraction of sp³-hybridized carbons (Fsp3) is 0.571. The average molecular weight is 297 g/mol. The highest BCUT2D eigenvalue weighted by Crippen LogP contribution is 2.23. The maximum Gasteiger partial charge on any atom is 0.237 e. The van der Waals surface area contributed by atoms with Gasteiger partial charge in [-0.2, -0.15) is 0 Å². The summed E-state index contributed by atoms with van der Waals surface area (Å²) in [6.45, 7) is 6.19. The summed E-state index contributed by atoms with van der Waals surface area (Å²) in [5.41, 5.74) is 5.22. The lowest BCUT2D eigenvalue weighted by Gasteiger charge is -2.29. The Kier molecular flexibility index (Phi) is 6.16. The summed E-state index contributed by atoms with van der Waals surface area (Å²) >= 11 is 1.63. The Labute approximate surface area is 124 Å². The number of thiophene rings is 1. The van der Waals surface area contributed by atoms with E-state index in [9.17, 15) is 9.59 Å². The van der Waals surface area contributed by atoms with Crippen molar-refractivity contribution in [3.05, 3.63) is 22.4 Å². The minimum atomic E-state index is -0.416. The zero-order valence-corrected chi connectivity index (χ0v) is 13.3. The molecule has 1 unspecified atom stereocenters. The second-order valence-corrected chi connectivity index (χ2v) is 6.14. The number of likely N-dealkylation sites (N-methyl/N-ethyl adjacent to an activating group) is 1. The second kappa shape index (κ2) is 7.40. The largest absolute Gasteiger partial charge is 0.369 e. The molecular formula is C14H23N3O2S. The van der Waals surface area contributed by atoms with Crippen molar-refractivity contribution in [1.29, 1.82) is 0 Å². The lowest BCUT2D eigenvalue weighted by Crippen LogP contribution is -2.45. The molecule has 0 fully saturated rings. The first-order valence-electron chi connectivity index (χ1n) is 6.64.